The fraction of sp³-hybridized carbons (Fsp3) is 0.500. The van der Waals surface area contributed by atoms with E-state index in [1.807, 2.05) is 19.2 Å². The first kappa shape index (κ1) is 13.1. The van der Waals surface area contributed by atoms with Crippen molar-refractivity contribution in [3.63, 3.8) is 0 Å². The molecule has 2 N–H and O–H groups in total. The van der Waals surface area contributed by atoms with Gasteiger partial charge in [-0.3, -0.25) is 0 Å². The zero-order valence-corrected chi connectivity index (χ0v) is 11.1. The minimum Gasteiger partial charge on any atom is -0.357 e. The molecule has 3 heterocycles. The Labute approximate surface area is 112 Å². The van der Waals surface area contributed by atoms with Gasteiger partial charge in [-0.15, -0.1) is 12.4 Å². The van der Waals surface area contributed by atoms with E-state index in [1.165, 1.54) is 12.0 Å². The van der Waals surface area contributed by atoms with Gasteiger partial charge in [-0.1, -0.05) is 5.16 Å². The molecule has 0 radical (unpaired) electrons. The molecule has 3 rings (SSSR count). The molecule has 0 bridgehead atoms. The summed E-state index contributed by atoms with van der Waals surface area (Å²) < 4.78 is 5.30. The molecule has 1 aliphatic heterocycles. The second kappa shape index (κ2) is 5.54. The molecule has 98 valence electrons. The van der Waals surface area contributed by atoms with E-state index in [9.17, 15) is 0 Å². The predicted octanol–water partition coefficient (Wildman–Crippen LogP) is 2.26. The Kier molecular flexibility index (Phi) is 4.04. The van der Waals surface area contributed by atoms with Crippen molar-refractivity contribution in [1.82, 2.24) is 20.4 Å². The number of hydrogen-bond donors (Lipinski definition) is 2. The highest BCUT2D eigenvalue weighted by molar-refractivity contribution is 5.85. The fourth-order valence-corrected chi connectivity index (χ4v) is 2.21. The average molecular weight is 269 g/mol. The van der Waals surface area contributed by atoms with Crippen LogP contribution in [-0.4, -0.2) is 28.2 Å². The van der Waals surface area contributed by atoms with E-state index >= 15 is 0 Å². The molecule has 5 nitrogen and oxygen atoms in total. The molecule has 0 saturated carbocycles. The molecule has 0 amide bonds. The monoisotopic (exact) mass is 268 g/mol. The molecule has 1 saturated heterocycles. The maximum Gasteiger partial charge on any atom is 0.274 e. The van der Waals surface area contributed by atoms with Crippen LogP contribution >= 0.6 is 12.4 Å². The number of aromatic nitrogens is 3. The second-order valence-electron chi connectivity index (χ2n) is 4.59. The summed E-state index contributed by atoms with van der Waals surface area (Å²) in [5, 5.41) is 7.44. The third kappa shape index (κ3) is 2.57. The van der Waals surface area contributed by atoms with Crippen molar-refractivity contribution < 1.29 is 4.52 Å². The third-order valence-corrected chi connectivity index (χ3v) is 3.16. The number of aromatic amines is 1. The average Bonchev–Trinajstić information content (AvgIpc) is 2.98. The molecule has 1 atom stereocenters. The van der Waals surface area contributed by atoms with Gasteiger partial charge in [-0.2, -0.15) is 4.98 Å². The summed E-state index contributed by atoms with van der Waals surface area (Å²) in [7, 11) is 0. The van der Waals surface area contributed by atoms with E-state index in [0.29, 0.717) is 11.8 Å². The van der Waals surface area contributed by atoms with Gasteiger partial charge in [-0.05, 0) is 37.9 Å². The highest BCUT2D eigenvalue weighted by Gasteiger charge is 2.21. The first-order valence-corrected chi connectivity index (χ1v) is 6.02. The van der Waals surface area contributed by atoms with Gasteiger partial charge in [0.15, 0.2) is 5.82 Å². The number of nitrogens with zero attached hydrogens (tertiary/aromatic N) is 2. The number of halogens is 1. The van der Waals surface area contributed by atoms with Gasteiger partial charge in [0.25, 0.3) is 5.89 Å². The van der Waals surface area contributed by atoms with Gasteiger partial charge >= 0.3 is 0 Å². The largest absolute Gasteiger partial charge is 0.357 e. The molecule has 1 aliphatic rings. The van der Waals surface area contributed by atoms with Crippen molar-refractivity contribution in [3.05, 3.63) is 23.7 Å². The van der Waals surface area contributed by atoms with Crippen molar-refractivity contribution >= 4 is 12.4 Å². The van der Waals surface area contributed by atoms with E-state index in [1.54, 1.807) is 0 Å². The van der Waals surface area contributed by atoms with E-state index in [-0.39, 0.29) is 12.4 Å². The van der Waals surface area contributed by atoms with Crippen LogP contribution in [0.1, 0.15) is 30.1 Å². The topological polar surface area (TPSA) is 66.7 Å². The molecule has 0 spiro atoms. The summed E-state index contributed by atoms with van der Waals surface area (Å²) in [4.78, 5) is 7.59. The maximum absolute atomic E-state index is 5.30. The number of hydrogen-bond acceptors (Lipinski definition) is 4. The van der Waals surface area contributed by atoms with Crippen LogP contribution in [0.4, 0.5) is 0 Å². The number of H-pyrrole nitrogens is 1. The Morgan fingerprint density at radius 3 is 3.00 bits per heavy atom. The van der Waals surface area contributed by atoms with Gasteiger partial charge in [0.2, 0.25) is 0 Å². The van der Waals surface area contributed by atoms with E-state index in [4.69, 9.17) is 4.52 Å². The molecule has 1 fully saturated rings. The standard InChI is InChI=1S/C12H16N4O.ClH/c1-8-5-10(14-6-8)12-15-11(16-17-12)9-3-2-4-13-7-9;/h5-6,9,13-14H,2-4,7H2,1H3;1H/t9-;/m0./s1. The smallest absolute Gasteiger partial charge is 0.274 e. The van der Waals surface area contributed by atoms with Crippen molar-refractivity contribution in [3.8, 4) is 11.6 Å². The van der Waals surface area contributed by atoms with Crippen LogP contribution in [0.2, 0.25) is 0 Å². The summed E-state index contributed by atoms with van der Waals surface area (Å²) in [5.74, 6) is 1.79. The highest BCUT2D eigenvalue weighted by Crippen LogP contribution is 2.23. The van der Waals surface area contributed by atoms with Gasteiger partial charge in [0.1, 0.15) is 5.69 Å². The predicted molar refractivity (Wildman–Crippen MR) is 70.9 cm³/mol. The summed E-state index contributed by atoms with van der Waals surface area (Å²) in [6, 6.07) is 2.01. The normalized spacial score (nSPS) is 19.5. The first-order chi connectivity index (χ1) is 8.33. The molecule has 6 heteroatoms. The Hall–Kier alpha value is -1.33. The summed E-state index contributed by atoms with van der Waals surface area (Å²) in [6.07, 6.45) is 4.24. The highest BCUT2D eigenvalue weighted by atomic mass is 35.5. The van der Waals surface area contributed by atoms with Crippen LogP contribution in [0.5, 0.6) is 0 Å². The number of aryl methyl sites for hydroxylation is 1. The van der Waals surface area contributed by atoms with Crippen LogP contribution in [0.3, 0.4) is 0 Å². The zero-order chi connectivity index (χ0) is 11.7. The molecule has 0 aliphatic carbocycles. The van der Waals surface area contributed by atoms with E-state index < -0.39 is 0 Å². The lowest BCUT2D eigenvalue weighted by molar-refractivity contribution is 0.392. The molecule has 0 unspecified atom stereocenters. The van der Waals surface area contributed by atoms with Crippen molar-refractivity contribution in [2.45, 2.75) is 25.7 Å². The Balaban J connectivity index is 0.00000120. The SMILES string of the molecule is Cc1c[nH]c(-c2nc([C@H]3CCCNC3)no2)c1.Cl. The fourth-order valence-electron chi connectivity index (χ4n) is 2.21. The third-order valence-electron chi connectivity index (χ3n) is 3.16. The van der Waals surface area contributed by atoms with Gasteiger partial charge in [0.05, 0.1) is 0 Å². The van der Waals surface area contributed by atoms with Crippen molar-refractivity contribution in [2.75, 3.05) is 13.1 Å². The minimum atomic E-state index is 0. The van der Waals surface area contributed by atoms with Crippen molar-refractivity contribution in [2.24, 2.45) is 0 Å². The quantitative estimate of drug-likeness (QED) is 0.877. The van der Waals surface area contributed by atoms with Crippen LogP contribution in [0.15, 0.2) is 16.8 Å². The second-order valence-corrected chi connectivity index (χ2v) is 4.59. The van der Waals surface area contributed by atoms with Crippen LogP contribution < -0.4 is 5.32 Å². The molecular weight excluding hydrogens is 252 g/mol. The van der Waals surface area contributed by atoms with Crippen LogP contribution in [0.25, 0.3) is 11.6 Å². The Morgan fingerprint density at radius 1 is 1.44 bits per heavy atom. The number of rotatable bonds is 2. The van der Waals surface area contributed by atoms with Gasteiger partial charge in [0, 0.05) is 18.7 Å². The molecule has 18 heavy (non-hydrogen) atoms. The van der Waals surface area contributed by atoms with Crippen molar-refractivity contribution in [1.29, 1.82) is 0 Å². The summed E-state index contributed by atoms with van der Waals surface area (Å²) >= 11 is 0. The lowest BCUT2D eigenvalue weighted by Crippen LogP contribution is -2.28. The van der Waals surface area contributed by atoms with E-state index in [2.05, 4.69) is 20.4 Å². The summed E-state index contributed by atoms with van der Waals surface area (Å²) in [5.41, 5.74) is 2.06. The first-order valence-electron chi connectivity index (χ1n) is 6.02. The maximum atomic E-state index is 5.30. The molecule has 2 aromatic rings. The van der Waals surface area contributed by atoms with E-state index in [0.717, 1.165) is 31.0 Å². The van der Waals surface area contributed by atoms with Gasteiger partial charge < -0.3 is 14.8 Å². The number of piperidine rings is 1. The lowest BCUT2D eigenvalue weighted by Gasteiger charge is -2.19. The molecule has 2 aromatic heterocycles. The molecule has 0 aromatic carbocycles. The van der Waals surface area contributed by atoms with Crippen LogP contribution in [0, 0.1) is 6.92 Å². The Morgan fingerprint density at radius 2 is 2.33 bits per heavy atom. The minimum absolute atomic E-state index is 0. The molecular formula is C12H17ClN4O. The zero-order valence-electron chi connectivity index (χ0n) is 10.3. The summed E-state index contributed by atoms with van der Waals surface area (Å²) in [6.45, 7) is 4.07. The Bertz CT molecular complexity index is 502. The lowest BCUT2D eigenvalue weighted by atomic mass is 9.99. The van der Waals surface area contributed by atoms with Gasteiger partial charge in [-0.25, -0.2) is 0 Å². The number of nitrogens with one attached hydrogen (secondary N) is 2. The van der Waals surface area contributed by atoms with Crippen LogP contribution in [-0.2, 0) is 0 Å².